The van der Waals surface area contributed by atoms with Crippen LogP contribution < -0.4 is 10.3 Å². The van der Waals surface area contributed by atoms with Gasteiger partial charge in [0, 0.05) is 0 Å². The van der Waals surface area contributed by atoms with Gasteiger partial charge in [-0.3, -0.25) is 0 Å². The number of hydrogen-bond acceptors (Lipinski definition) is 6. The van der Waals surface area contributed by atoms with Gasteiger partial charge in [0.25, 0.3) is 0 Å². The van der Waals surface area contributed by atoms with Gasteiger partial charge in [0.05, 0.1) is 0 Å². The zero-order valence-electron chi connectivity index (χ0n) is 11.2. The summed E-state index contributed by atoms with van der Waals surface area (Å²) in [7, 11) is 0. The van der Waals surface area contributed by atoms with Gasteiger partial charge in [-0.05, 0) is 0 Å². The third-order valence-corrected chi connectivity index (χ3v) is 3.52. The third kappa shape index (κ3) is 2.71. The van der Waals surface area contributed by atoms with Gasteiger partial charge in [-0.1, -0.05) is 0 Å². The Hall–Kier alpha value is -2.65. The molecule has 3 rings (SSSR count). The first kappa shape index (κ1) is 15.3. The van der Waals surface area contributed by atoms with Gasteiger partial charge >= 0.3 is 135 Å². The maximum absolute atomic E-state index is 14.0. The number of fused-ring (bicyclic) bond motifs is 1. The topological polar surface area (TPSA) is 113 Å². The number of nitro groups is 1. The number of non-ortho nitro benzene ring substituents is 1. The Balaban J connectivity index is 2.08. The fourth-order valence-electron chi connectivity index (χ4n) is 2.04. The Bertz CT molecular complexity index is 922. The summed E-state index contributed by atoms with van der Waals surface area (Å²) in [5.74, 6) is -2.14. The second-order valence-corrected chi connectivity index (χ2v) is 5.07. The fourth-order valence-corrected chi connectivity index (χ4v) is 2.36. The van der Waals surface area contributed by atoms with Crippen molar-refractivity contribution in [2.45, 2.75) is 6.54 Å². The van der Waals surface area contributed by atoms with Crippen LogP contribution >= 0.6 is 0 Å². The molecule has 11 heteroatoms. The van der Waals surface area contributed by atoms with Crippen LogP contribution in [0.5, 0.6) is 0 Å². The molecule has 119 valence electrons. The molecule has 0 aliphatic rings. The maximum atomic E-state index is 14.0. The van der Waals surface area contributed by atoms with Gasteiger partial charge in [0.2, 0.25) is 0 Å². The van der Waals surface area contributed by atoms with Crippen LogP contribution in [0.2, 0.25) is 0 Å². The average Bonchev–Trinajstić information content (AvgIpc) is 2.85. The van der Waals surface area contributed by atoms with E-state index < -0.39 is 22.2 Å². The van der Waals surface area contributed by atoms with E-state index in [1.807, 2.05) is 0 Å². The van der Waals surface area contributed by atoms with Crippen LogP contribution in [-0.2, 0) is 22.6 Å². The normalized spacial score (nSPS) is 11.1. The van der Waals surface area contributed by atoms with Gasteiger partial charge in [0.1, 0.15) is 0 Å². The number of nitrogen functional groups attached to an aromatic ring is 1. The predicted octanol–water partition coefficient (Wildman–Crippen LogP) is 0.815. The van der Waals surface area contributed by atoms with Crippen molar-refractivity contribution in [1.29, 1.82) is 0 Å². The number of nitro benzene ring substituents is 1. The van der Waals surface area contributed by atoms with Crippen LogP contribution in [-0.4, -0.2) is 24.7 Å². The summed E-state index contributed by atoms with van der Waals surface area (Å²) in [4.78, 5) is 17.6. The van der Waals surface area contributed by atoms with Gasteiger partial charge in [-0.25, -0.2) is 0 Å². The Morgan fingerprint density at radius 2 is 1.96 bits per heavy atom. The van der Waals surface area contributed by atoms with Crippen LogP contribution in [0.25, 0.3) is 11.0 Å². The van der Waals surface area contributed by atoms with E-state index in [-0.39, 0.29) is 23.7 Å². The second-order valence-electron chi connectivity index (χ2n) is 4.55. The molecule has 2 heterocycles. The third-order valence-electron chi connectivity index (χ3n) is 3.10. The number of benzene rings is 1. The number of nitrogens with zero attached hydrogens (tertiary/aromatic N) is 5. The van der Waals surface area contributed by atoms with Crippen molar-refractivity contribution in [3.8, 4) is 0 Å². The van der Waals surface area contributed by atoms with E-state index in [0.29, 0.717) is 22.1 Å². The van der Waals surface area contributed by atoms with Crippen LogP contribution in [0.15, 0.2) is 18.3 Å². The molecule has 2 aromatic heterocycles. The Morgan fingerprint density at radius 3 is 2.57 bits per heavy atom. The Kier molecular flexibility index (Phi) is 3.66. The summed E-state index contributed by atoms with van der Waals surface area (Å²) in [5.41, 5.74) is 4.76. The molecule has 0 bridgehead atoms. The standard InChI is InChI=1S/C12H7F2N6O2.Fe/c13-9-1-7(20(21)22)2-10(14)8(9)5-19-11-6(4-17-19)3-16-12(15)18-11;/h1-2,4H,5H2,(H2,15,16,18);. The van der Waals surface area contributed by atoms with E-state index >= 15 is 0 Å². The first-order valence-electron chi connectivity index (χ1n) is 6.12. The molecule has 1 aromatic carbocycles. The molecule has 3 aromatic rings. The molecule has 0 atom stereocenters. The molecule has 0 radical (unpaired) electrons. The van der Waals surface area contributed by atoms with Gasteiger partial charge < -0.3 is 0 Å². The summed E-state index contributed by atoms with van der Waals surface area (Å²) in [6, 6.07) is 1.31. The van der Waals surface area contributed by atoms with E-state index in [2.05, 4.69) is 31.1 Å². The second kappa shape index (κ2) is 5.52. The van der Waals surface area contributed by atoms with Gasteiger partial charge in [-0.15, -0.1) is 0 Å². The molecular formula is C12H7F2FeN6O2. The zero-order chi connectivity index (χ0) is 16.7. The van der Waals surface area contributed by atoms with Gasteiger partial charge in [-0.2, -0.15) is 0 Å². The molecule has 8 nitrogen and oxygen atoms in total. The quantitative estimate of drug-likeness (QED) is 0.420. The molecule has 0 aliphatic carbocycles. The van der Waals surface area contributed by atoms with Crippen molar-refractivity contribution in [3.63, 3.8) is 0 Å². The van der Waals surface area contributed by atoms with Crippen LogP contribution in [0.3, 0.4) is 0 Å². The fraction of sp³-hybridized carbons (Fsp3) is 0.0833. The van der Waals surface area contributed by atoms with Crippen molar-refractivity contribution >= 4 is 27.3 Å². The summed E-state index contributed by atoms with van der Waals surface area (Å²) in [6.45, 7) is -0.310. The van der Waals surface area contributed by atoms with E-state index in [0.717, 1.165) is 0 Å². The van der Waals surface area contributed by atoms with E-state index in [4.69, 9.17) is 5.73 Å². The molecule has 0 saturated carbocycles. The first-order valence-corrected chi connectivity index (χ1v) is 6.67. The molecule has 2 N–H and O–H groups in total. The van der Waals surface area contributed by atoms with Crippen LogP contribution in [0.4, 0.5) is 20.4 Å². The molecular weight excluding hydrogens is 354 g/mol. The van der Waals surface area contributed by atoms with Crippen molar-refractivity contribution in [2.75, 3.05) is 5.73 Å². The number of hydrogen-bond donors (Lipinski definition) is 1. The number of halogens is 2. The molecule has 0 amide bonds. The van der Waals surface area contributed by atoms with E-state index in [1.165, 1.54) is 10.9 Å². The van der Waals surface area contributed by atoms with Crippen LogP contribution in [0.1, 0.15) is 5.56 Å². The van der Waals surface area contributed by atoms with Crippen molar-refractivity contribution in [2.24, 2.45) is 0 Å². The minimum atomic E-state index is -1.04. The molecule has 23 heavy (non-hydrogen) atoms. The summed E-state index contributed by atoms with van der Waals surface area (Å²) < 4.78 is 29.5. The monoisotopic (exact) mass is 361 g/mol. The molecule has 0 spiro atoms. The van der Waals surface area contributed by atoms with E-state index in [9.17, 15) is 18.9 Å². The average molecular weight is 361 g/mol. The number of aromatic nitrogens is 4. The molecule has 0 saturated heterocycles. The van der Waals surface area contributed by atoms with Crippen molar-refractivity contribution in [1.82, 2.24) is 19.7 Å². The summed E-state index contributed by atoms with van der Waals surface area (Å²) >= 11 is 3.69. The summed E-state index contributed by atoms with van der Waals surface area (Å²) in [6.07, 6.45) is 1.40. The SMILES string of the molecule is Nc1n[c]([Fe])c2cnn(Cc3c(F)cc([N+](=O)[O-])cc3F)c2n1. The van der Waals surface area contributed by atoms with Crippen molar-refractivity contribution < 1.29 is 29.7 Å². The number of nitrogens with two attached hydrogens (primary N) is 1. The number of rotatable bonds is 3. The number of anilines is 1. The minimum absolute atomic E-state index is 0.0473. The predicted molar refractivity (Wildman–Crippen MR) is 71.5 cm³/mol. The molecule has 0 unspecified atom stereocenters. The van der Waals surface area contributed by atoms with Gasteiger partial charge in [0.15, 0.2) is 0 Å². The zero-order valence-corrected chi connectivity index (χ0v) is 12.3. The Morgan fingerprint density at radius 1 is 1.30 bits per heavy atom. The van der Waals surface area contributed by atoms with E-state index in [1.54, 1.807) is 0 Å². The molecule has 0 aliphatic heterocycles. The first-order chi connectivity index (χ1) is 10.9. The molecule has 0 fully saturated rings. The van der Waals surface area contributed by atoms with Crippen molar-refractivity contribution in [3.05, 3.63) is 45.6 Å². The Labute approximate surface area is 135 Å². The summed E-state index contributed by atoms with van der Waals surface area (Å²) in [5, 5.41) is 15.1. The van der Waals surface area contributed by atoms with Crippen LogP contribution in [0, 0.1) is 21.7 Å².